The maximum Gasteiger partial charge on any atom is 0.232 e. The third kappa shape index (κ3) is 3.03. The van der Waals surface area contributed by atoms with E-state index >= 15 is 0 Å². The van der Waals surface area contributed by atoms with E-state index in [2.05, 4.69) is 49.0 Å². The summed E-state index contributed by atoms with van der Waals surface area (Å²) in [5, 5.41) is 0. The third-order valence-corrected chi connectivity index (χ3v) is 3.71. The Labute approximate surface area is 130 Å². The first-order valence-electron chi connectivity index (χ1n) is 7.37. The Morgan fingerprint density at radius 3 is 2.18 bits per heavy atom. The Morgan fingerprint density at radius 2 is 1.55 bits per heavy atom. The second-order valence-corrected chi connectivity index (χ2v) is 5.50. The van der Waals surface area contributed by atoms with Crippen molar-refractivity contribution < 1.29 is 0 Å². The molecule has 116 valence electrons. The van der Waals surface area contributed by atoms with E-state index < -0.39 is 0 Å². The van der Waals surface area contributed by atoms with Crippen LogP contribution in [0.2, 0.25) is 0 Å². The lowest BCUT2D eigenvalue weighted by Crippen LogP contribution is -2.47. The lowest BCUT2D eigenvalue weighted by atomic mass is 10.2. The van der Waals surface area contributed by atoms with Crippen LogP contribution in [0, 0.1) is 0 Å². The normalized spacial score (nSPS) is 15.0. The van der Waals surface area contributed by atoms with Crippen LogP contribution >= 0.6 is 0 Å². The van der Waals surface area contributed by atoms with E-state index in [1.54, 1.807) is 0 Å². The van der Waals surface area contributed by atoms with Crippen LogP contribution in [-0.4, -0.2) is 55.2 Å². The number of aromatic nitrogens is 3. The van der Waals surface area contributed by atoms with Crippen molar-refractivity contribution in [1.82, 2.24) is 15.0 Å². The molecule has 0 amide bonds. The van der Waals surface area contributed by atoms with Crippen LogP contribution in [0.5, 0.6) is 0 Å². The van der Waals surface area contributed by atoms with Gasteiger partial charge in [0.1, 0.15) is 0 Å². The van der Waals surface area contributed by atoms with Crippen LogP contribution < -0.4 is 20.4 Å². The highest BCUT2D eigenvalue weighted by Crippen LogP contribution is 2.19. The van der Waals surface area contributed by atoms with Crippen molar-refractivity contribution in [3.63, 3.8) is 0 Å². The van der Waals surface area contributed by atoms with E-state index in [1.165, 1.54) is 5.69 Å². The van der Waals surface area contributed by atoms with Crippen molar-refractivity contribution in [2.45, 2.75) is 0 Å². The molecule has 0 radical (unpaired) electrons. The molecule has 1 aromatic heterocycles. The fourth-order valence-corrected chi connectivity index (χ4v) is 2.51. The van der Waals surface area contributed by atoms with Gasteiger partial charge in [0.15, 0.2) is 0 Å². The monoisotopic (exact) mass is 299 g/mol. The first kappa shape index (κ1) is 14.4. The van der Waals surface area contributed by atoms with Crippen LogP contribution in [-0.2, 0) is 0 Å². The molecular formula is C15H21N7. The number of hydrogen-bond donors (Lipinski definition) is 1. The summed E-state index contributed by atoms with van der Waals surface area (Å²) in [7, 11) is 3.79. The highest BCUT2D eigenvalue weighted by molar-refractivity contribution is 5.49. The van der Waals surface area contributed by atoms with Crippen LogP contribution in [0.1, 0.15) is 0 Å². The molecule has 1 fully saturated rings. The third-order valence-electron chi connectivity index (χ3n) is 3.71. The zero-order valence-electron chi connectivity index (χ0n) is 13.0. The van der Waals surface area contributed by atoms with Crippen molar-refractivity contribution in [3.8, 4) is 0 Å². The number of piperazine rings is 1. The molecule has 0 unspecified atom stereocenters. The molecule has 0 bridgehead atoms. The lowest BCUT2D eigenvalue weighted by molar-refractivity contribution is 0.639. The number of nitrogens with zero attached hydrogens (tertiary/aromatic N) is 6. The average Bonchev–Trinajstić information content (AvgIpc) is 2.55. The van der Waals surface area contributed by atoms with Gasteiger partial charge in [-0.25, -0.2) is 0 Å². The molecule has 3 rings (SSSR count). The zero-order valence-corrected chi connectivity index (χ0v) is 13.0. The Hall–Kier alpha value is -2.57. The molecule has 0 spiro atoms. The highest BCUT2D eigenvalue weighted by atomic mass is 15.4. The van der Waals surface area contributed by atoms with Gasteiger partial charge in [0.25, 0.3) is 0 Å². The van der Waals surface area contributed by atoms with Crippen LogP contribution in [0.4, 0.5) is 23.5 Å². The highest BCUT2D eigenvalue weighted by Gasteiger charge is 2.20. The first-order valence-corrected chi connectivity index (χ1v) is 7.37. The van der Waals surface area contributed by atoms with Gasteiger partial charge < -0.3 is 20.4 Å². The van der Waals surface area contributed by atoms with Crippen LogP contribution in [0.3, 0.4) is 0 Å². The molecule has 1 aromatic carbocycles. The van der Waals surface area contributed by atoms with E-state index in [0.29, 0.717) is 11.9 Å². The predicted molar refractivity (Wildman–Crippen MR) is 89.4 cm³/mol. The van der Waals surface area contributed by atoms with Crippen molar-refractivity contribution >= 4 is 23.5 Å². The van der Waals surface area contributed by atoms with E-state index in [9.17, 15) is 0 Å². The summed E-state index contributed by atoms with van der Waals surface area (Å²) in [6.45, 7) is 3.61. The van der Waals surface area contributed by atoms with Crippen molar-refractivity contribution in [2.75, 3.05) is 60.7 Å². The maximum absolute atomic E-state index is 5.80. The lowest BCUT2D eigenvalue weighted by Gasteiger charge is -2.36. The molecule has 22 heavy (non-hydrogen) atoms. The fraction of sp³-hybridized carbons (Fsp3) is 0.400. The topological polar surface area (TPSA) is 74.4 Å². The molecule has 7 heteroatoms. The molecule has 1 saturated heterocycles. The van der Waals surface area contributed by atoms with Crippen molar-refractivity contribution in [1.29, 1.82) is 0 Å². The van der Waals surface area contributed by atoms with Gasteiger partial charge in [-0.05, 0) is 12.1 Å². The Morgan fingerprint density at radius 1 is 0.909 bits per heavy atom. The average molecular weight is 299 g/mol. The van der Waals surface area contributed by atoms with E-state index in [-0.39, 0.29) is 5.95 Å². The zero-order chi connectivity index (χ0) is 15.5. The first-order chi connectivity index (χ1) is 10.6. The van der Waals surface area contributed by atoms with Crippen molar-refractivity contribution in [2.24, 2.45) is 0 Å². The Bertz CT molecular complexity index is 621. The molecule has 7 nitrogen and oxygen atoms in total. The van der Waals surface area contributed by atoms with E-state index in [0.717, 1.165) is 26.2 Å². The van der Waals surface area contributed by atoms with Gasteiger partial charge in [-0.2, -0.15) is 15.0 Å². The molecule has 2 N–H and O–H groups in total. The van der Waals surface area contributed by atoms with Crippen LogP contribution in [0.15, 0.2) is 30.3 Å². The standard InChI is InChI=1S/C15H21N7/c1-20(2)14-17-13(16)18-15(19-14)22-10-8-21(9-11-22)12-6-4-3-5-7-12/h3-7H,8-11H2,1-2H3,(H2,16,17,18,19). The summed E-state index contributed by atoms with van der Waals surface area (Å²) >= 11 is 0. The summed E-state index contributed by atoms with van der Waals surface area (Å²) in [6.07, 6.45) is 0. The fourth-order valence-electron chi connectivity index (χ4n) is 2.51. The van der Waals surface area contributed by atoms with Gasteiger partial charge in [-0.1, -0.05) is 18.2 Å². The summed E-state index contributed by atoms with van der Waals surface area (Å²) < 4.78 is 0. The minimum Gasteiger partial charge on any atom is -0.368 e. The van der Waals surface area contributed by atoms with Crippen LogP contribution in [0.25, 0.3) is 0 Å². The Kier molecular flexibility index (Phi) is 3.95. The number of anilines is 4. The number of benzene rings is 1. The molecule has 2 heterocycles. The van der Waals surface area contributed by atoms with Gasteiger partial charge in [0, 0.05) is 46.0 Å². The minimum atomic E-state index is 0.263. The minimum absolute atomic E-state index is 0.263. The largest absolute Gasteiger partial charge is 0.368 e. The number of nitrogen functional groups attached to an aromatic ring is 1. The van der Waals surface area contributed by atoms with Gasteiger partial charge in [-0.15, -0.1) is 0 Å². The molecule has 0 saturated carbocycles. The summed E-state index contributed by atoms with van der Waals surface area (Å²) in [5.41, 5.74) is 7.05. The quantitative estimate of drug-likeness (QED) is 0.900. The molecule has 1 aliphatic rings. The van der Waals surface area contributed by atoms with Crippen molar-refractivity contribution in [3.05, 3.63) is 30.3 Å². The molecule has 0 aliphatic carbocycles. The number of hydrogen-bond acceptors (Lipinski definition) is 7. The molecule has 2 aromatic rings. The molecule has 0 atom stereocenters. The predicted octanol–water partition coefficient (Wildman–Crippen LogP) is 0.846. The molecule has 1 aliphatic heterocycles. The second-order valence-electron chi connectivity index (χ2n) is 5.50. The summed E-state index contributed by atoms with van der Waals surface area (Å²) in [6, 6.07) is 10.5. The molecular weight excluding hydrogens is 278 g/mol. The van der Waals surface area contributed by atoms with Gasteiger partial charge in [0.2, 0.25) is 17.8 Å². The van der Waals surface area contributed by atoms with Gasteiger partial charge >= 0.3 is 0 Å². The van der Waals surface area contributed by atoms with E-state index in [4.69, 9.17) is 5.73 Å². The SMILES string of the molecule is CN(C)c1nc(N)nc(N2CCN(c3ccccc3)CC2)n1. The second kappa shape index (κ2) is 6.05. The smallest absolute Gasteiger partial charge is 0.232 e. The number of nitrogens with two attached hydrogens (primary N) is 1. The van der Waals surface area contributed by atoms with Gasteiger partial charge in [-0.3, -0.25) is 0 Å². The maximum atomic E-state index is 5.80. The summed E-state index contributed by atoms with van der Waals surface area (Å²) in [4.78, 5) is 19.3. The number of rotatable bonds is 3. The number of para-hydroxylation sites is 1. The van der Waals surface area contributed by atoms with Gasteiger partial charge in [0.05, 0.1) is 0 Å². The van der Waals surface area contributed by atoms with E-state index in [1.807, 2.05) is 25.1 Å². The Balaban J connectivity index is 1.71. The summed E-state index contributed by atoms with van der Waals surface area (Å²) in [5.74, 6) is 1.51.